The van der Waals surface area contributed by atoms with Crippen molar-refractivity contribution in [3.05, 3.63) is 52.6 Å². The van der Waals surface area contributed by atoms with Crippen LogP contribution in [0.3, 0.4) is 0 Å². The number of anilines is 2. The van der Waals surface area contributed by atoms with Crippen molar-refractivity contribution >= 4 is 46.4 Å². The molecule has 2 aromatic rings. The van der Waals surface area contributed by atoms with Gasteiger partial charge in [-0.25, -0.2) is 4.79 Å². The van der Waals surface area contributed by atoms with E-state index in [-0.39, 0.29) is 28.7 Å². The molecule has 7 atom stereocenters. The molecule has 2 aromatic carbocycles. The molecule has 0 aromatic heterocycles. The van der Waals surface area contributed by atoms with Gasteiger partial charge in [-0.15, -0.1) is 0 Å². The number of carbonyl (C=O) groups is 6. The lowest BCUT2D eigenvalue weighted by molar-refractivity contribution is -0.195. The number of rotatable bonds is 4. The fourth-order valence-electron chi connectivity index (χ4n) is 7.35. The van der Waals surface area contributed by atoms with Crippen molar-refractivity contribution in [3.63, 3.8) is 0 Å². The zero-order valence-corrected chi connectivity index (χ0v) is 26.4. The van der Waals surface area contributed by atoms with E-state index in [0.29, 0.717) is 5.69 Å². The minimum absolute atomic E-state index is 0.134. The van der Waals surface area contributed by atoms with E-state index in [1.165, 1.54) is 31.1 Å². The molecule has 0 heterocycles. The number of aromatic hydroxyl groups is 1. The minimum atomic E-state index is -3.08. The second kappa shape index (κ2) is 11.1. The van der Waals surface area contributed by atoms with Crippen molar-refractivity contribution in [3.8, 4) is 5.75 Å². The third kappa shape index (κ3) is 4.89. The second-order valence-electron chi connectivity index (χ2n) is 13.7. The van der Waals surface area contributed by atoms with E-state index in [1.807, 2.05) is 39.8 Å². The van der Waals surface area contributed by atoms with E-state index in [0.717, 1.165) is 11.1 Å². The minimum Gasteiger partial charge on any atom is -0.505 e. The number of nitrogens with zero attached hydrogens (tertiary/aromatic N) is 1. The first-order valence-corrected chi connectivity index (χ1v) is 14.9. The normalized spacial score (nSPS) is 29.2. The van der Waals surface area contributed by atoms with Gasteiger partial charge in [-0.3, -0.25) is 28.9 Å². The standard InChI is InChI=1S/C33H38N4O9/c1-13-7-9-17(16(11-13)32(2,3)4)35-31(45)36-18-10-8-14-12-15-20(26(40)19(14)25(18)39)28(42)33(46)22(24(15)38)23(37(5)6)27(41)21(29(33)43)30(34)44/h7-11,15,20-24,38-39,46H,12H2,1-6H3,(H2,34,44)(H2,35,36,45)/t15-,20?,21?,22-,23+,24+,33+/m0/s1. The van der Waals surface area contributed by atoms with E-state index in [9.17, 15) is 44.1 Å². The maximum absolute atomic E-state index is 14.0. The zero-order valence-electron chi connectivity index (χ0n) is 26.4. The first-order valence-electron chi connectivity index (χ1n) is 14.9. The summed E-state index contributed by atoms with van der Waals surface area (Å²) in [5, 5.41) is 39.8. The molecule has 0 bridgehead atoms. The van der Waals surface area contributed by atoms with Crippen molar-refractivity contribution in [1.29, 1.82) is 0 Å². The molecular weight excluding hydrogens is 596 g/mol. The van der Waals surface area contributed by atoms with E-state index in [1.54, 1.807) is 6.07 Å². The number of amides is 3. The number of Topliss-reactive ketones (excluding diaryl/α,β-unsaturated/α-hetero) is 4. The van der Waals surface area contributed by atoms with Crippen LogP contribution in [0.4, 0.5) is 16.2 Å². The molecule has 0 spiro atoms. The van der Waals surface area contributed by atoms with Gasteiger partial charge in [0.15, 0.2) is 34.7 Å². The Hall–Kier alpha value is -4.46. The number of hydrogen-bond donors (Lipinski definition) is 6. The summed E-state index contributed by atoms with van der Waals surface area (Å²) in [6.45, 7) is 7.92. The highest BCUT2D eigenvalue weighted by molar-refractivity contribution is 6.32. The van der Waals surface area contributed by atoms with Gasteiger partial charge in [0.25, 0.3) is 0 Å². The molecule has 13 nitrogen and oxygen atoms in total. The molecule has 244 valence electrons. The van der Waals surface area contributed by atoms with Gasteiger partial charge in [0, 0.05) is 11.6 Å². The molecule has 3 aliphatic carbocycles. The predicted octanol–water partition coefficient (Wildman–Crippen LogP) is 1.09. The number of phenolic OH excluding ortho intramolecular Hbond substituents is 1. The SMILES string of the molecule is Cc1ccc(NC(=O)Nc2ccc3c(c2O)C(=O)C2C(=O)[C@@]4(O)C(=O)C(C(N)=O)C(=O)[C@H](N(C)C)[C@H]4[C@H](O)[C@H]2C3)c(C(C)(C)C)c1. The average Bonchev–Trinajstić information content (AvgIpc) is 2.94. The van der Waals surface area contributed by atoms with Crippen LogP contribution in [0.2, 0.25) is 0 Å². The Morgan fingerprint density at radius 2 is 1.61 bits per heavy atom. The summed E-state index contributed by atoms with van der Waals surface area (Å²) in [6, 6.07) is 6.24. The number of fused-ring (bicyclic) bond motifs is 3. The number of phenols is 1. The molecule has 13 heteroatoms. The Morgan fingerprint density at radius 1 is 1.00 bits per heavy atom. The summed E-state index contributed by atoms with van der Waals surface area (Å²) in [5.74, 6) is -13.5. The molecule has 5 rings (SSSR count). The van der Waals surface area contributed by atoms with Crippen LogP contribution < -0.4 is 16.4 Å². The number of hydrogen-bond acceptors (Lipinski definition) is 10. The lowest BCUT2D eigenvalue weighted by atomic mass is 9.51. The average molecular weight is 635 g/mol. The molecule has 3 amide bonds. The second-order valence-corrected chi connectivity index (χ2v) is 13.7. The number of nitrogens with one attached hydrogen (secondary N) is 2. The summed E-state index contributed by atoms with van der Waals surface area (Å²) in [4.78, 5) is 81.1. The Kier molecular flexibility index (Phi) is 7.95. The van der Waals surface area contributed by atoms with Crippen LogP contribution in [0, 0.1) is 30.6 Å². The smallest absolute Gasteiger partial charge is 0.323 e. The van der Waals surface area contributed by atoms with Gasteiger partial charge in [0.05, 0.1) is 35.2 Å². The number of carbonyl (C=O) groups excluding carboxylic acids is 6. The topological polar surface area (TPSA) is 216 Å². The summed E-state index contributed by atoms with van der Waals surface area (Å²) in [5.41, 5.74) is 4.15. The first-order chi connectivity index (χ1) is 21.3. The number of benzene rings is 2. The third-order valence-corrected chi connectivity index (χ3v) is 9.50. The molecule has 46 heavy (non-hydrogen) atoms. The quantitative estimate of drug-likeness (QED) is 0.208. The summed E-state index contributed by atoms with van der Waals surface area (Å²) in [6.07, 6.45) is -1.85. The van der Waals surface area contributed by atoms with Crippen molar-refractivity contribution in [1.82, 2.24) is 4.90 Å². The van der Waals surface area contributed by atoms with Crippen molar-refractivity contribution in [2.45, 2.75) is 57.3 Å². The van der Waals surface area contributed by atoms with Gasteiger partial charge in [-0.2, -0.15) is 0 Å². The number of nitrogens with two attached hydrogens (primary N) is 1. The molecule has 0 saturated heterocycles. The van der Waals surface area contributed by atoms with Crippen LogP contribution in [0.1, 0.15) is 47.8 Å². The largest absolute Gasteiger partial charge is 0.505 e. The highest BCUT2D eigenvalue weighted by Crippen LogP contribution is 2.51. The van der Waals surface area contributed by atoms with Crippen LogP contribution in [0.15, 0.2) is 30.3 Å². The van der Waals surface area contributed by atoms with Crippen LogP contribution in [-0.2, 0) is 31.0 Å². The number of primary amides is 1. The third-order valence-electron chi connectivity index (χ3n) is 9.50. The van der Waals surface area contributed by atoms with E-state index in [4.69, 9.17) is 5.73 Å². The Morgan fingerprint density at radius 3 is 2.20 bits per heavy atom. The fourth-order valence-corrected chi connectivity index (χ4v) is 7.35. The van der Waals surface area contributed by atoms with Crippen molar-refractivity contribution in [2.75, 3.05) is 24.7 Å². The van der Waals surface area contributed by atoms with Crippen LogP contribution in [-0.4, -0.2) is 87.1 Å². The van der Waals surface area contributed by atoms with E-state index < -0.39 is 82.2 Å². The summed E-state index contributed by atoms with van der Waals surface area (Å²) < 4.78 is 0. The zero-order chi connectivity index (χ0) is 34.2. The highest BCUT2D eigenvalue weighted by Gasteiger charge is 2.72. The number of aliphatic hydroxyl groups is 2. The Labute approximate surface area is 265 Å². The number of urea groups is 1. The predicted molar refractivity (Wildman–Crippen MR) is 165 cm³/mol. The summed E-state index contributed by atoms with van der Waals surface area (Å²) >= 11 is 0. The monoisotopic (exact) mass is 634 g/mol. The number of aryl methyl sites for hydroxylation is 1. The molecule has 0 radical (unpaired) electrons. The molecular formula is C33H38N4O9. The molecule has 2 unspecified atom stereocenters. The van der Waals surface area contributed by atoms with Gasteiger partial charge in [0.2, 0.25) is 5.91 Å². The van der Waals surface area contributed by atoms with Crippen LogP contribution in [0.25, 0.3) is 0 Å². The summed E-state index contributed by atoms with van der Waals surface area (Å²) in [7, 11) is 2.85. The molecule has 0 aliphatic heterocycles. The Bertz CT molecular complexity index is 1710. The molecule has 3 aliphatic rings. The van der Waals surface area contributed by atoms with Gasteiger partial charge in [-0.05, 0) is 56.1 Å². The van der Waals surface area contributed by atoms with Gasteiger partial charge < -0.3 is 31.7 Å². The number of aliphatic hydroxyl groups excluding tert-OH is 1. The van der Waals surface area contributed by atoms with Crippen molar-refractivity contribution in [2.24, 2.45) is 29.4 Å². The van der Waals surface area contributed by atoms with Gasteiger partial charge in [-0.1, -0.05) is 44.5 Å². The first kappa shape index (κ1) is 32.9. The molecule has 2 saturated carbocycles. The number of ketones is 4. The maximum Gasteiger partial charge on any atom is 0.323 e. The van der Waals surface area contributed by atoms with Gasteiger partial charge >= 0.3 is 6.03 Å². The fraction of sp³-hybridized carbons (Fsp3) is 0.455. The van der Waals surface area contributed by atoms with Crippen LogP contribution >= 0.6 is 0 Å². The molecule has 2 fully saturated rings. The number of likely N-dealkylation sites (N-methyl/N-ethyl adjacent to an activating group) is 1. The lowest BCUT2D eigenvalue weighted by Gasteiger charge is -2.54. The van der Waals surface area contributed by atoms with E-state index in [2.05, 4.69) is 10.6 Å². The Balaban J connectivity index is 1.50. The van der Waals surface area contributed by atoms with Crippen LogP contribution in [0.5, 0.6) is 5.75 Å². The highest BCUT2D eigenvalue weighted by atomic mass is 16.3. The van der Waals surface area contributed by atoms with E-state index >= 15 is 0 Å². The van der Waals surface area contributed by atoms with Gasteiger partial charge in [0.1, 0.15) is 5.75 Å². The maximum atomic E-state index is 14.0. The van der Waals surface area contributed by atoms with Crippen molar-refractivity contribution < 1.29 is 44.1 Å². The molecule has 7 N–H and O–H groups in total. The lowest BCUT2D eigenvalue weighted by Crippen LogP contribution is -2.77.